The lowest BCUT2D eigenvalue weighted by Gasteiger charge is -2.48. The number of nitrogens with zero attached hydrogens (tertiary/aromatic N) is 2. The molecular formula is C21H30N2O3. The fraction of sp³-hybridized carbons (Fsp3) is 0.619. The quantitative estimate of drug-likeness (QED) is 0.812. The highest BCUT2D eigenvalue weighted by Gasteiger charge is 2.42. The van der Waals surface area contributed by atoms with E-state index in [2.05, 4.69) is 19.1 Å². The summed E-state index contributed by atoms with van der Waals surface area (Å²) in [6.45, 7) is 5.62. The first kappa shape index (κ1) is 18.9. The number of hydrogen-bond acceptors (Lipinski definition) is 3. The van der Waals surface area contributed by atoms with Crippen molar-refractivity contribution in [1.29, 1.82) is 0 Å². The van der Waals surface area contributed by atoms with Gasteiger partial charge in [-0.3, -0.25) is 9.59 Å². The van der Waals surface area contributed by atoms with E-state index in [4.69, 9.17) is 4.74 Å². The van der Waals surface area contributed by atoms with Gasteiger partial charge in [0.25, 0.3) is 0 Å². The van der Waals surface area contributed by atoms with Crippen LogP contribution in [0.1, 0.15) is 36.8 Å². The molecule has 1 atom stereocenters. The summed E-state index contributed by atoms with van der Waals surface area (Å²) in [6, 6.07) is 8.17. The van der Waals surface area contributed by atoms with Gasteiger partial charge in [-0.15, -0.1) is 0 Å². The molecule has 2 aliphatic heterocycles. The number of carbonyl (C=O) groups is 2. The molecule has 26 heavy (non-hydrogen) atoms. The number of hydrogen-bond donors (Lipinski definition) is 0. The molecule has 0 saturated carbocycles. The molecule has 0 aliphatic carbocycles. The van der Waals surface area contributed by atoms with Gasteiger partial charge in [0.05, 0.1) is 13.0 Å². The van der Waals surface area contributed by atoms with Gasteiger partial charge in [-0.2, -0.15) is 0 Å². The molecule has 0 bridgehead atoms. The summed E-state index contributed by atoms with van der Waals surface area (Å²) in [7, 11) is 1.66. The van der Waals surface area contributed by atoms with Crippen molar-refractivity contribution in [3.63, 3.8) is 0 Å². The molecular weight excluding hydrogens is 328 g/mol. The average Bonchev–Trinajstić information content (AvgIpc) is 2.63. The van der Waals surface area contributed by atoms with Gasteiger partial charge < -0.3 is 14.5 Å². The van der Waals surface area contributed by atoms with Crippen molar-refractivity contribution < 1.29 is 14.3 Å². The molecule has 2 amide bonds. The van der Waals surface area contributed by atoms with Crippen LogP contribution in [0.4, 0.5) is 0 Å². The number of aryl methyl sites for hydroxylation is 1. The summed E-state index contributed by atoms with van der Waals surface area (Å²) in [6.07, 6.45) is 4.06. The maximum absolute atomic E-state index is 12.8. The second-order valence-electron chi connectivity index (χ2n) is 7.89. The summed E-state index contributed by atoms with van der Waals surface area (Å²) in [5.41, 5.74) is 2.32. The first-order chi connectivity index (χ1) is 12.5. The zero-order valence-electron chi connectivity index (χ0n) is 16.0. The molecule has 2 aliphatic rings. The summed E-state index contributed by atoms with van der Waals surface area (Å²) < 4.78 is 5.15. The van der Waals surface area contributed by atoms with Crippen molar-refractivity contribution >= 4 is 11.8 Å². The highest BCUT2D eigenvalue weighted by atomic mass is 16.5. The number of piperidine rings is 2. The summed E-state index contributed by atoms with van der Waals surface area (Å²) in [5, 5.41) is 0. The summed E-state index contributed by atoms with van der Waals surface area (Å²) in [4.78, 5) is 29.0. The Labute approximate surface area is 156 Å². The molecule has 142 valence electrons. The van der Waals surface area contributed by atoms with Gasteiger partial charge in [0, 0.05) is 45.1 Å². The molecule has 1 aromatic carbocycles. The topological polar surface area (TPSA) is 49.9 Å². The Bertz CT molecular complexity index is 660. The first-order valence-corrected chi connectivity index (χ1v) is 9.61. The normalized spacial score (nSPS) is 23.5. The molecule has 0 N–H and O–H groups in total. The van der Waals surface area contributed by atoms with Crippen molar-refractivity contribution in [2.45, 2.75) is 39.0 Å². The zero-order chi connectivity index (χ0) is 18.6. The van der Waals surface area contributed by atoms with Crippen LogP contribution in [0.3, 0.4) is 0 Å². The van der Waals surface area contributed by atoms with Gasteiger partial charge in [0.1, 0.15) is 0 Å². The molecule has 2 fully saturated rings. The Morgan fingerprint density at radius 1 is 1.27 bits per heavy atom. The number of carbonyl (C=O) groups excluding carboxylic acids is 2. The van der Waals surface area contributed by atoms with E-state index < -0.39 is 0 Å². The fourth-order valence-electron chi connectivity index (χ4n) is 4.37. The molecule has 2 heterocycles. The Kier molecular flexibility index (Phi) is 5.97. The number of ether oxygens (including phenoxy) is 1. The van der Waals surface area contributed by atoms with E-state index in [0.29, 0.717) is 26.0 Å². The lowest BCUT2D eigenvalue weighted by molar-refractivity contribution is -0.143. The second kappa shape index (κ2) is 8.21. The Morgan fingerprint density at radius 3 is 2.88 bits per heavy atom. The average molecular weight is 358 g/mol. The van der Waals surface area contributed by atoms with Crippen molar-refractivity contribution in [3.8, 4) is 0 Å². The van der Waals surface area contributed by atoms with Crippen LogP contribution in [0.2, 0.25) is 0 Å². The van der Waals surface area contributed by atoms with Crippen LogP contribution in [-0.2, 0) is 20.7 Å². The third kappa shape index (κ3) is 4.44. The highest BCUT2D eigenvalue weighted by Crippen LogP contribution is 2.39. The number of methoxy groups -OCH3 is 1. The number of likely N-dealkylation sites (tertiary alicyclic amines) is 2. The Morgan fingerprint density at radius 2 is 2.12 bits per heavy atom. The SMILES string of the molecule is COCCN1CC2(CCCN(C(=O)Cc3cccc(C)c3)C2)CCC1=O. The van der Waals surface area contributed by atoms with Gasteiger partial charge in [0.15, 0.2) is 0 Å². The lowest BCUT2D eigenvalue weighted by atomic mass is 9.73. The predicted molar refractivity (Wildman–Crippen MR) is 101 cm³/mol. The molecule has 2 saturated heterocycles. The fourth-order valence-corrected chi connectivity index (χ4v) is 4.37. The molecule has 1 unspecified atom stereocenters. The maximum atomic E-state index is 12.8. The van der Waals surface area contributed by atoms with Crippen LogP contribution in [-0.4, -0.2) is 61.5 Å². The van der Waals surface area contributed by atoms with Crippen LogP contribution < -0.4 is 0 Å². The molecule has 5 heteroatoms. The van der Waals surface area contributed by atoms with E-state index in [-0.39, 0.29) is 17.2 Å². The minimum Gasteiger partial charge on any atom is -0.383 e. The van der Waals surface area contributed by atoms with Gasteiger partial charge in [-0.25, -0.2) is 0 Å². The molecule has 0 radical (unpaired) electrons. The van der Waals surface area contributed by atoms with E-state index in [0.717, 1.165) is 44.5 Å². The number of benzene rings is 1. The first-order valence-electron chi connectivity index (χ1n) is 9.61. The molecule has 0 aromatic heterocycles. The van der Waals surface area contributed by atoms with Crippen LogP contribution >= 0.6 is 0 Å². The Hall–Kier alpha value is -1.88. The predicted octanol–water partition coefficient (Wildman–Crippen LogP) is 2.42. The molecule has 1 spiro atoms. The lowest BCUT2D eigenvalue weighted by Crippen LogP contribution is -2.55. The number of amides is 2. The van der Waals surface area contributed by atoms with Crippen molar-refractivity contribution in [2.75, 3.05) is 39.9 Å². The second-order valence-corrected chi connectivity index (χ2v) is 7.89. The number of rotatable bonds is 5. The monoisotopic (exact) mass is 358 g/mol. The van der Waals surface area contributed by atoms with Crippen molar-refractivity contribution in [2.24, 2.45) is 5.41 Å². The van der Waals surface area contributed by atoms with Crippen molar-refractivity contribution in [3.05, 3.63) is 35.4 Å². The summed E-state index contributed by atoms with van der Waals surface area (Å²) in [5.74, 6) is 0.422. The van der Waals surface area contributed by atoms with E-state index in [1.165, 1.54) is 5.56 Å². The van der Waals surface area contributed by atoms with Crippen LogP contribution in [0.25, 0.3) is 0 Å². The van der Waals surface area contributed by atoms with E-state index in [1.54, 1.807) is 7.11 Å². The third-order valence-corrected chi connectivity index (χ3v) is 5.77. The van der Waals surface area contributed by atoms with Gasteiger partial charge in [-0.1, -0.05) is 29.8 Å². The Balaban J connectivity index is 1.64. The van der Waals surface area contributed by atoms with Crippen LogP contribution in [0, 0.1) is 12.3 Å². The molecule has 5 nitrogen and oxygen atoms in total. The van der Waals surface area contributed by atoms with Crippen LogP contribution in [0.15, 0.2) is 24.3 Å². The zero-order valence-corrected chi connectivity index (χ0v) is 16.0. The van der Waals surface area contributed by atoms with E-state index in [9.17, 15) is 9.59 Å². The van der Waals surface area contributed by atoms with Gasteiger partial charge >= 0.3 is 0 Å². The van der Waals surface area contributed by atoms with E-state index in [1.807, 2.05) is 21.9 Å². The van der Waals surface area contributed by atoms with Gasteiger partial charge in [0.2, 0.25) is 11.8 Å². The minimum absolute atomic E-state index is 0.0577. The molecule has 1 aromatic rings. The third-order valence-electron chi connectivity index (χ3n) is 5.77. The van der Waals surface area contributed by atoms with Crippen LogP contribution in [0.5, 0.6) is 0 Å². The minimum atomic E-state index is 0.0577. The van der Waals surface area contributed by atoms with E-state index >= 15 is 0 Å². The summed E-state index contributed by atoms with van der Waals surface area (Å²) >= 11 is 0. The van der Waals surface area contributed by atoms with Gasteiger partial charge in [-0.05, 0) is 31.7 Å². The smallest absolute Gasteiger partial charge is 0.227 e. The standard InChI is InChI=1S/C21H30N2O3/c1-17-5-3-6-18(13-17)14-20(25)22-10-4-8-21(15-22)9-7-19(24)23(16-21)11-12-26-2/h3,5-6,13H,4,7-12,14-16H2,1-2H3. The maximum Gasteiger partial charge on any atom is 0.227 e. The largest absolute Gasteiger partial charge is 0.383 e. The highest BCUT2D eigenvalue weighted by molar-refractivity contribution is 5.79. The van der Waals surface area contributed by atoms with Crippen molar-refractivity contribution in [1.82, 2.24) is 9.80 Å². The molecule has 3 rings (SSSR count).